The summed E-state index contributed by atoms with van der Waals surface area (Å²) in [5.74, 6) is -1.23. The number of amides is 1. The maximum Gasteiger partial charge on any atom is 0.573 e. The van der Waals surface area contributed by atoms with E-state index in [4.69, 9.17) is 17.3 Å². The van der Waals surface area contributed by atoms with Crippen LogP contribution in [-0.4, -0.2) is 17.3 Å². The largest absolute Gasteiger partial charge is 0.573 e. The van der Waals surface area contributed by atoms with Gasteiger partial charge < -0.3 is 15.8 Å². The molecule has 3 N–H and O–H groups in total. The van der Waals surface area contributed by atoms with Crippen LogP contribution in [0.15, 0.2) is 24.4 Å². The number of nitrogens with one attached hydrogen (secondary N) is 1. The molecule has 1 amide bonds. The molecule has 0 saturated carbocycles. The highest BCUT2D eigenvalue weighted by atomic mass is 35.5. The topological polar surface area (TPSA) is 77.2 Å². The number of ether oxygens (including phenoxy) is 1. The average Bonchev–Trinajstić information content (AvgIpc) is 2.80. The Morgan fingerprint density at radius 2 is 2.18 bits per heavy atom. The fourth-order valence-electron chi connectivity index (χ4n) is 1.63. The molecule has 5 nitrogen and oxygen atoms in total. The Hall–Kier alpha value is -2.00. The smallest absolute Gasteiger partial charge is 0.406 e. The summed E-state index contributed by atoms with van der Waals surface area (Å²) in [5, 5.41) is 2.81. The molecule has 118 valence electrons. The number of nitrogens with two attached hydrogens (primary N) is 1. The lowest BCUT2D eigenvalue weighted by Crippen LogP contribution is -2.18. The predicted octanol–water partition coefficient (Wildman–Crippen LogP) is 3.41. The molecular formula is C12H9ClF3N3O2S. The maximum atomic E-state index is 12.2. The van der Waals surface area contributed by atoms with Crippen molar-refractivity contribution in [2.75, 3.05) is 5.32 Å². The molecule has 0 bridgehead atoms. The van der Waals surface area contributed by atoms with E-state index in [1.807, 2.05) is 0 Å². The van der Waals surface area contributed by atoms with Gasteiger partial charge in [-0.1, -0.05) is 11.6 Å². The SMILES string of the molecule is NC(=O)c1ccc(OC(F)(F)F)cc1NCc1cnc(Cl)s1. The Bertz CT molecular complexity index is 690. The summed E-state index contributed by atoms with van der Waals surface area (Å²) < 4.78 is 40.8. The number of aromatic nitrogens is 1. The first-order valence-electron chi connectivity index (χ1n) is 5.78. The number of benzene rings is 1. The van der Waals surface area contributed by atoms with Crippen molar-refractivity contribution in [1.82, 2.24) is 4.98 Å². The third-order valence-corrected chi connectivity index (χ3v) is 3.58. The molecule has 0 radical (unpaired) electrons. The Labute approximate surface area is 131 Å². The van der Waals surface area contributed by atoms with Crippen LogP contribution in [0.5, 0.6) is 5.75 Å². The zero-order chi connectivity index (χ0) is 16.3. The lowest BCUT2D eigenvalue weighted by Gasteiger charge is -2.13. The average molecular weight is 352 g/mol. The van der Waals surface area contributed by atoms with E-state index < -0.39 is 18.0 Å². The van der Waals surface area contributed by atoms with E-state index in [2.05, 4.69) is 15.0 Å². The zero-order valence-corrected chi connectivity index (χ0v) is 12.4. The molecule has 0 fully saturated rings. The van der Waals surface area contributed by atoms with E-state index in [1.165, 1.54) is 17.5 Å². The molecule has 0 atom stereocenters. The maximum absolute atomic E-state index is 12.2. The summed E-state index contributed by atoms with van der Waals surface area (Å²) in [7, 11) is 0. The van der Waals surface area contributed by atoms with Crippen molar-refractivity contribution in [3.63, 3.8) is 0 Å². The first-order chi connectivity index (χ1) is 10.2. The predicted molar refractivity (Wildman–Crippen MR) is 76.1 cm³/mol. The lowest BCUT2D eigenvalue weighted by molar-refractivity contribution is -0.274. The fourth-order valence-corrected chi connectivity index (χ4v) is 2.55. The van der Waals surface area contributed by atoms with E-state index in [1.54, 1.807) is 0 Å². The summed E-state index contributed by atoms with van der Waals surface area (Å²) in [5.41, 5.74) is 5.36. The summed E-state index contributed by atoms with van der Waals surface area (Å²) >= 11 is 6.88. The molecule has 1 aromatic carbocycles. The van der Waals surface area contributed by atoms with Gasteiger partial charge in [-0.2, -0.15) is 0 Å². The number of anilines is 1. The highest BCUT2D eigenvalue weighted by Gasteiger charge is 2.31. The number of halogens is 4. The summed E-state index contributed by atoms with van der Waals surface area (Å²) in [6.07, 6.45) is -3.31. The van der Waals surface area contributed by atoms with Gasteiger partial charge in [-0.15, -0.1) is 24.5 Å². The standard InChI is InChI=1S/C12H9ClF3N3O2S/c13-11-19-5-7(22-11)4-18-9-3-6(21-12(14,15)16)1-2-8(9)10(17)20/h1-3,5,18H,4H2,(H2,17,20). The molecule has 10 heteroatoms. The minimum absolute atomic E-state index is 0.0464. The fraction of sp³-hybridized carbons (Fsp3) is 0.167. The number of thiazole rings is 1. The third-order valence-electron chi connectivity index (χ3n) is 2.47. The number of hydrogen-bond acceptors (Lipinski definition) is 5. The van der Waals surface area contributed by atoms with Crippen LogP contribution in [0.1, 0.15) is 15.2 Å². The minimum atomic E-state index is -4.82. The lowest BCUT2D eigenvalue weighted by atomic mass is 10.1. The van der Waals surface area contributed by atoms with Crippen LogP contribution in [0.3, 0.4) is 0 Å². The molecule has 0 saturated heterocycles. The number of primary amides is 1. The highest BCUT2D eigenvalue weighted by Crippen LogP contribution is 2.28. The monoisotopic (exact) mass is 351 g/mol. The molecule has 22 heavy (non-hydrogen) atoms. The Morgan fingerprint density at radius 3 is 2.73 bits per heavy atom. The summed E-state index contributed by atoms with van der Waals surface area (Å²) in [4.78, 5) is 15.9. The number of hydrogen-bond donors (Lipinski definition) is 2. The molecule has 0 spiro atoms. The molecule has 0 unspecified atom stereocenters. The first kappa shape index (κ1) is 16.4. The van der Waals surface area contributed by atoms with Crippen molar-refractivity contribution >= 4 is 34.5 Å². The first-order valence-corrected chi connectivity index (χ1v) is 6.98. The second kappa shape index (κ2) is 6.41. The van der Waals surface area contributed by atoms with Gasteiger partial charge in [0.05, 0.1) is 17.8 Å². The number of carbonyl (C=O) groups is 1. The van der Waals surface area contributed by atoms with Crippen LogP contribution in [0.25, 0.3) is 0 Å². The number of rotatable bonds is 5. The van der Waals surface area contributed by atoms with Gasteiger partial charge in [0.15, 0.2) is 4.47 Å². The zero-order valence-electron chi connectivity index (χ0n) is 10.8. The quantitative estimate of drug-likeness (QED) is 0.865. The van der Waals surface area contributed by atoms with Gasteiger partial charge in [0, 0.05) is 17.1 Å². The van der Waals surface area contributed by atoms with Gasteiger partial charge >= 0.3 is 6.36 Å². The van der Waals surface area contributed by atoms with Crippen molar-refractivity contribution in [2.45, 2.75) is 12.9 Å². The van der Waals surface area contributed by atoms with Crippen LogP contribution < -0.4 is 15.8 Å². The molecule has 1 heterocycles. The van der Waals surface area contributed by atoms with Crippen LogP contribution in [0.4, 0.5) is 18.9 Å². The van der Waals surface area contributed by atoms with Crippen LogP contribution in [0, 0.1) is 0 Å². The highest BCUT2D eigenvalue weighted by molar-refractivity contribution is 7.15. The van der Waals surface area contributed by atoms with Gasteiger partial charge in [-0.25, -0.2) is 4.98 Å². The van der Waals surface area contributed by atoms with Crippen molar-refractivity contribution in [3.05, 3.63) is 39.3 Å². The molecule has 2 rings (SSSR count). The Kier molecular flexibility index (Phi) is 4.77. The van der Waals surface area contributed by atoms with Crippen molar-refractivity contribution in [2.24, 2.45) is 5.73 Å². The Morgan fingerprint density at radius 1 is 1.45 bits per heavy atom. The van der Waals surface area contributed by atoms with Crippen molar-refractivity contribution in [1.29, 1.82) is 0 Å². The van der Waals surface area contributed by atoms with Crippen molar-refractivity contribution in [3.8, 4) is 5.75 Å². The van der Waals surface area contributed by atoms with Gasteiger partial charge in [0.2, 0.25) is 0 Å². The second-order valence-corrected chi connectivity index (χ2v) is 5.75. The van der Waals surface area contributed by atoms with Crippen LogP contribution in [0.2, 0.25) is 4.47 Å². The number of nitrogens with zero attached hydrogens (tertiary/aromatic N) is 1. The number of alkyl halides is 3. The van der Waals surface area contributed by atoms with Gasteiger partial charge in [0.25, 0.3) is 5.91 Å². The van der Waals surface area contributed by atoms with E-state index in [0.717, 1.165) is 23.1 Å². The number of carbonyl (C=O) groups excluding carboxylic acids is 1. The minimum Gasteiger partial charge on any atom is -0.406 e. The second-order valence-electron chi connectivity index (χ2n) is 4.05. The summed E-state index contributed by atoms with van der Waals surface area (Å²) in [6, 6.07) is 3.23. The molecule has 0 aliphatic carbocycles. The molecule has 0 aliphatic rings. The van der Waals surface area contributed by atoms with Crippen LogP contribution in [-0.2, 0) is 6.54 Å². The van der Waals surface area contributed by atoms with Gasteiger partial charge in [-0.3, -0.25) is 4.79 Å². The van der Waals surface area contributed by atoms with Crippen LogP contribution >= 0.6 is 22.9 Å². The molecule has 0 aliphatic heterocycles. The third kappa shape index (κ3) is 4.50. The normalized spacial score (nSPS) is 11.3. The molecule has 2 aromatic rings. The molecular weight excluding hydrogens is 343 g/mol. The van der Waals surface area contributed by atoms with E-state index in [9.17, 15) is 18.0 Å². The molecule has 1 aromatic heterocycles. The Balaban J connectivity index is 2.21. The van der Waals surface area contributed by atoms with Gasteiger partial charge in [0.1, 0.15) is 5.75 Å². The van der Waals surface area contributed by atoms with Crippen molar-refractivity contribution < 1.29 is 22.7 Å². The van der Waals surface area contributed by atoms with E-state index in [-0.39, 0.29) is 17.8 Å². The van der Waals surface area contributed by atoms with E-state index in [0.29, 0.717) is 4.47 Å². The summed E-state index contributed by atoms with van der Waals surface area (Å²) in [6.45, 7) is 0.222. The van der Waals surface area contributed by atoms with E-state index >= 15 is 0 Å². The van der Waals surface area contributed by atoms with Gasteiger partial charge in [-0.05, 0) is 12.1 Å².